The van der Waals surface area contributed by atoms with Gasteiger partial charge in [-0.15, -0.1) is 0 Å². The molecule has 1 saturated carbocycles. The number of hydrogen-bond donors (Lipinski definition) is 2. The normalized spacial score (nSPS) is 16.3. The Morgan fingerprint density at radius 3 is 2.24 bits per heavy atom. The van der Waals surface area contributed by atoms with E-state index in [0.717, 1.165) is 19.3 Å². The summed E-state index contributed by atoms with van der Waals surface area (Å²) in [5, 5.41) is 7.84. The zero-order valence-electron chi connectivity index (χ0n) is 9.22. The van der Waals surface area contributed by atoms with Gasteiger partial charge in [-0.1, -0.05) is 0 Å². The Morgan fingerprint density at radius 2 is 1.82 bits per heavy atom. The van der Waals surface area contributed by atoms with Crippen LogP contribution in [0.2, 0.25) is 0 Å². The molecule has 1 amide bonds. The van der Waals surface area contributed by atoms with Gasteiger partial charge in [0.1, 0.15) is 0 Å². The van der Waals surface area contributed by atoms with Crippen LogP contribution in [-0.4, -0.2) is 20.4 Å². The minimum absolute atomic E-state index is 0.0118. The highest BCUT2D eigenvalue weighted by atomic mass is 32.2. The largest absolute Gasteiger partial charge is 0.349 e. The summed E-state index contributed by atoms with van der Waals surface area (Å²) in [6.45, 7) is 0. The first-order valence-corrected chi connectivity index (χ1v) is 6.95. The van der Waals surface area contributed by atoms with E-state index >= 15 is 0 Å². The van der Waals surface area contributed by atoms with E-state index in [9.17, 15) is 13.2 Å². The maximum atomic E-state index is 11.7. The van der Waals surface area contributed by atoms with Gasteiger partial charge in [0.2, 0.25) is 10.0 Å². The van der Waals surface area contributed by atoms with Gasteiger partial charge in [-0.25, -0.2) is 13.6 Å². The molecule has 0 aromatic heterocycles. The monoisotopic (exact) mass is 254 g/mol. The molecule has 0 heterocycles. The van der Waals surface area contributed by atoms with Crippen molar-refractivity contribution in [1.82, 2.24) is 5.32 Å². The zero-order chi connectivity index (χ0) is 12.5. The third-order valence-corrected chi connectivity index (χ3v) is 3.81. The molecule has 0 bridgehead atoms. The third kappa shape index (κ3) is 2.83. The van der Waals surface area contributed by atoms with Crippen molar-refractivity contribution in [2.24, 2.45) is 5.14 Å². The molecule has 0 saturated heterocycles. The molecule has 3 N–H and O–H groups in total. The van der Waals surface area contributed by atoms with Gasteiger partial charge in [-0.3, -0.25) is 4.79 Å². The lowest BCUT2D eigenvalue weighted by Crippen LogP contribution is -2.39. The number of carbonyl (C=O) groups excluding carboxylic acids is 1. The van der Waals surface area contributed by atoms with Crippen LogP contribution in [0.5, 0.6) is 0 Å². The molecular formula is C11H14N2O3S. The number of amides is 1. The molecule has 17 heavy (non-hydrogen) atoms. The minimum Gasteiger partial charge on any atom is -0.349 e. The van der Waals surface area contributed by atoms with Gasteiger partial charge in [0, 0.05) is 11.6 Å². The van der Waals surface area contributed by atoms with Gasteiger partial charge < -0.3 is 5.32 Å². The van der Waals surface area contributed by atoms with Crippen LogP contribution in [0, 0.1) is 0 Å². The van der Waals surface area contributed by atoms with Gasteiger partial charge >= 0.3 is 0 Å². The Labute approximate surface area is 100 Å². The Hall–Kier alpha value is -1.40. The molecule has 0 radical (unpaired) electrons. The summed E-state index contributed by atoms with van der Waals surface area (Å²) in [5.41, 5.74) is 0.448. The van der Waals surface area contributed by atoms with Crippen LogP contribution in [0.3, 0.4) is 0 Å². The van der Waals surface area contributed by atoms with E-state index in [4.69, 9.17) is 5.14 Å². The van der Waals surface area contributed by atoms with Crippen molar-refractivity contribution in [1.29, 1.82) is 0 Å². The molecule has 0 spiro atoms. The average Bonchev–Trinajstić information content (AvgIpc) is 2.22. The minimum atomic E-state index is -3.69. The standard InChI is InChI=1S/C11H14N2O3S/c12-17(15,16)10-6-4-8(5-7-10)11(14)13-9-2-1-3-9/h4-7,9H,1-3H2,(H,13,14)(H2,12,15,16). The molecule has 1 aliphatic rings. The molecule has 1 fully saturated rings. The Balaban J connectivity index is 2.09. The summed E-state index contributed by atoms with van der Waals surface area (Å²) in [5.74, 6) is -0.171. The molecule has 92 valence electrons. The maximum Gasteiger partial charge on any atom is 0.251 e. The van der Waals surface area contributed by atoms with Crippen molar-refractivity contribution in [2.45, 2.75) is 30.2 Å². The summed E-state index contributed by atoms with van der Waals surface area (Å²) in [7, 11) is -3.69. The number of carbonyl (C=O) groups is 1. The van der Waals surface area contributed by atoms with Crippen molar-refractivity contribution in [3.05, 3.63) is 29.8 Å². The second-order valence-corrected chi connectivity index (χ2v) is 5.73. The van der Waals surface area contributed by atoms with Crippen LogP contribution in [0.25, 0.3) is 0 Å². The van der Waals surface area contributed by atoms with Crippen LogP contribution in [0.15, 0.2) is 29.2 Å². The second-order valence-electron chi connectivity index (χ2n) is 4.17. The lowest BCUT2D eigenvalue weighted by Gasteiger charge is -2.26. The van der Waals surface area contributed by atoms with E-state index < -0.39 is 10.0 Å². The van der Waals surface area contributed by atoms with Gasteiger partial charge in [0.25, 0.3) is 5.91 Å². The first-order chi connectivity index (χ1) is 7.97. The number of rotatable bonds is 3. The molecule has 0 atom stereocenters. The van der Waals surface area contributed by atoms with E-state index in [1.165, 1.54) is 24.3 Å². The van der Waals surface area contributed by atoms with E-state index in [-0.39, 0.29) is 16.8 Å². The quantitative estimate of drug-likeness (QED) is 0.828. The van der Waals surface area contributed by atoms with Crippen LogP contribution < -0.4 is 10.5 Å². The van der Waals surface area contributed by atoms with Crippen molar-refractivity contribution in [3.8, 4) is 0 Å². The van der Waals surface area contributed by atoms with Crippen LogP contribution in [0.4, 0.5) is 0 Å². The SMILES string of the molecule is NS(=O)(=O)c1ccc(C(=O)NC2CCC2)cc1. The van der Waals surface area contributed by atoms with E-state index in [1.54, 1.807) is 0 Å². The molecule has 2 rings (SSSR count). The Morgan fingerprint density at radius 1 is 1.24 bits per heavy atom. The van der Waals surface area contributed by atoms with Crippen molar-refractivity contribution < 1.29 is 13.2 Å². The smallest absolute Gasteiger partial charge is 0.251 e. The molecule has 5 nitrogen and oxygen atoms in total. The molecule has 0 aliphatic heterocycles. The predicted molar refractivity (Wildman–Crippen MR) is 62.9 cm³/mol. The summed E-state index contributed by atoms with van der Waals surface area (Å²) in [6.07, 6.45) is 3.18. The van der Waals surface area contributed by atoms with Gasteiger partial charge in [-0.2, -0.15) is 0 Å². The van der Waals surface area contributed by atoms with Crippen molar-refractivity contribution in [3.63, 3.8) is 0 Å². The first-order valence-electron chi connectivity index (χ1n) is 5.40. The molecule has 6 heteroatoms. The predicted octanol–water partition coefficient (Wildman–Crippen LogP) is 0.616. The third-order valence-electron chi connectivity index (χ3n) is 2.89. The van der Waals surface area contributed by atoms with Gasteiger partial charge in [0.15, 0.2) is 0 Å². The molecule has 1 aromatic rings. The fourth-order valence-electron chi connectivity index (χ4n) is 1.62. The van der Waals surface area contributed by atoms with Crippen LogP contribution in [-0.2, 0) is 10.0 Å². The molecular weight excluding hydrogens is 240 g/mol. The fraction of sp³-hybridized carbons (Fsp3) is 0.364. The number of benzene rings is 1. The van der Waals surface area contributed by atoms with Crippen molar-refractivity contribution in [2.75, 3.05) is 0 Å². The average molecular weight is 254 g/mol. The molecule has 1 aromatic carbocycles. The van der Waals surface area contributed by atoms with Crippen molar-refractivity contribution >= 4 is 15.9 Å². The number of nitrogens with two attached hydrogens (primary N) is 1. The van der Waals surface area contributed by atoms with E-state index in [0.29, 0.717) is 5.56 Å². The summed E-state index contributed by atoms with van der Waals surface area (Å²) in [4.78, 5) is 11.7. The number of nitrogens with one attached hydrogen (secondary N) is 1. The second kappa shape index (κ2) is 4.46. The highest BCUT2D eigenvalue weighted by Gasteiger charge is 2.20. The van der Waals surface area contributed by atoms with Gasteiger partial charge in [0.05, 0.1) is 4.90 Å². The number of primary sulfonamides is 1. The topological polar surface area (TPSA) is 89.3 Å². The zero-order valence-corrected chi connectivity index (χ0v) is 10.0. The summed E-state index contributed by atoms with van der Waals surface area (Å²) < 4.78 is 22.0. The Bertz CT molecular complexity index is 518. The lowest BCUT2D eigenvalue weighted by molar-refractivity contribution is 0.0917. The molecule has 1 aliphatic carbocycles. The lowest BCUT2D eigenvalue weighted by atomic mass is 9.93. The van der Waals surface area contributed by atoms with Crippen LogP contribution in [0.1, 0.15) is 29.6 Å². The number of hydrogen-bond acceptors (Lipinski definition) is 3. The number of sulfonamides is 1. The first kappa shape index (κ1) is 12.1. The maximum absolute atomic E-state index is 11.7. The highest BCUT2D eigenvalue weighted by Crippen LogP contribution is 2.18. The Kier molecular flexibility index (Phi) is 3.17. The molecule has 0 unspecified atom stereocenters. The highest BCUT2D eigenvalue weighted by molar-refractivity contribution is 7.89. The van der Waals surface area contributed by atoms with E-state index in [1.807, 2.05) is 0 Å². The summed E-state index contributed by atoms with van der Waals surface area (Å²) >= 11 is 0. The van der Waals surface area contributed by atoms with Gasteiger partial charge in [-0.05, 0) is 43.5 Å². The fourth-order valence-corrected chi connectivity index (χ4v) is 2.13. The van der Waals surface area contributed by atoms with E-state index in [2.05, 4.69) is 5.32 Å². The van der Waals surface area contributed by atoms with Crippen LogP contribution >= 0.6 is 0 Å². The summed E-state index contributed by atoms with van der Waals surface area (Å²) in [6, 6.07) is 5.87.